The number of halogens is 2. The largest absolute Gasteiger partial charge is 0.373 e. The third-order valence-corrected chi connectivity index (χ3v) is 6.16. The molecule has 0 bridgehead atoms. The van der Waals surface area contributed by atoms with Gasteiger partial charge in [0, 0.05) is 38.8 Å². The first-order valence-electron chi connectivity index (χ1n) is 9.71. The molecular formula is C21H28Cl2N2O2. The molecule has 1 amide bonds. The van der Waals surface area contributed by atoms with Gasteiger partial charge in [-0.25, -0.2) is 0 Å². The minimum absolute atomic E-state index is 0.0399. The molecule has 2 fully saturated rings. The number of nitrogens with zero attached hydrogens (tertiary/aromatic N) is 2. The average molecular weight is 411 g/mol. The molecular weight excluding hydrogens is 383 g/mol. The van der Waals surface area contributed by atoms with Crippen LogP contribution in [0.3, 0.4) is 0 Å². The van der Waals surface area contributed by atoms with E-state index >= 15 is 0 Å². The van der Waals surface area contributed by atoms with Crippen molar-refractivity contribution in [3.63, 3.8) is 0 Å². The van der Waals surface area contributed by atoms with Crippen molar-refractivity contribution < 1.29 is 9.53 Å². The number of hydrogen-bond acceptors (Lipinski definition) is 3. The Balaban J connectivity index is 1.48. The molecule has 148 valence electrons. The van der Waals surface area contributed by atoms with E-state index in [0.717, 1.165) is 51.1 Å². The fraction of sp³-hybridized carbons (Fsp3) is 0.571. The Morgan fingerprint density at radius 3 is 2.52 bits per heavy atom. The van der Waals surface area contributed by atoms with Gasteiger partial charge in [0.05, 0.1) is 22.3 Å². The van der Waals surface area contributed by atoms with Gasteiger partial charge in [-0.2, -0.15) is 0 Å². The molecule has 2 saturated heterocycles. The second-order valence-corrected chi connectivity index (χ2v) is 8.51. The van der Waals surface area contributed by atoms with E-state index in [1.165, 1.54) is 0 Å². The normalized spacial score (nSPS) is 25.3. The number of morpholine rings is 1. The van der Waals surface area contributed by atoms with Crippen LogP contribution >= 0.6 is 23.2 Å². The Morgan fingerprint density at radius 1 is 1.19 bits per heavy atom. The maximum Gasteiger partial charge on any atom is 0.246 e. The molecule has 0 radical (unpaired) electrons. The van der Waals surface area contributed by atoms with E-state index in [0.29, 0.717) is 28.2 Å². The summed E-state index contributed by atoms with van der Waals surface area (Å²) in [5, 5.41) is 0.981. The van der Waals surface area contributed by atoms with E-state index in [1.54, 1.807) is 18.2 Å². The van der Waals surface area contributed by atoms with Crippen LogP contribution < -0.4 is 0 Å². The molecule has 0 aromatic heterocycles. The van der Waals surface area contributed by atoms with Gasteiger partial charge in [0.25, 0.3) is 0 Å². The maximum absolute atomic E-state index is 12.5. The number of amides is 1. The summed E-state index contributed by atoms with van der Waals surface area (Å²) in [7, 11) is 0. The van der Waals surface area contributed by atoms with Gasteiger partial charge in [-0.05, 0) is 50.3 Å². The molecule has 27 heavy (non-hydrogen) atoms. The van der Waals surface area contributed by atoms with Crippen LogP contribution in [0.25, 0.3) is 6.08 Å². The highest BCUT2D eigenvalue weighted by molar-refractivity contribution is 6.42. The lowest BCUT2D eigenvalue weighted by Gasteiger charge is -2.39. The van der Waals surface area contributed by atoms with E-state index in [4.69, 9.17) is 27.9 Å². The Morgan fingerprint density at radius 2 is 1.85 bits per heavy atom. The van der Waals surface area contributed by atoms with Crippen molar-refractivity contribution in [1.29, 1.82) is 0 Å². The quantitative estimate of drug-likeness (QED) is 0.691. The van der Waals surface area contributed by atoms with Gasteiger partial charge in [-0.3, -0.25) is 9.69 Å². The summed E-state index contributed by atoms with van der Waals surface area (Å²) in [5.41, 5.74) is 0.767. The Kier molecular flexibility index (Phi) is 7.21. The van der Waals surface area contributed by atoms with Gasteiger partial charge in [0.2, 0.25) is 5.91 Å². The van der Waals surface area contributed by atoms with Gasteiger partial charge >= 0.3 is 0 Å². The molecule has 2 atom stereocenters. The molecule has 2 aliphatic rings. The van der Waals surface area contributed by atoms with Gasteiger partial charge in [0.15, 0.2) is 0 Å². The van der Waals surface area contributed by atoms with Gasteiger partial charge in [-0.1, -0.05) is 35.3 Å². The number of carbonyl (C=O) groups excluding carboxylic acids is 1. The van der Waals surface area contributed by atoms with Crippen molar-refractivity contribution in [2.45, 2.75) is 38.9 Å². The topological polar surface area (TPSA) is 32.8 Å². The van der Waals surface area contributed by atoms with Gasteiger partial charge < -0.3 is 9.64 Å². The highest BCUT2D eigenvalue weighted by Gasteiger charge is 2.27. The Labute approximate surface area is 172 Å². The van der Waals surface area contributed by atoms with Crippen molar-refractivity contribution in [1.82, 2.24) is 9.80 Å². The monoisotopic (exact) mass is 410 g/mol. The summed E-state index contributed by atoms with van der Waals surface area (Å²) in [6, 6.07) is 5.43. The molecule has 2 aliphatic heterocycles. The highest BCUT2D eigenvalue weighted by Crippen LogP contribution is 2.26. The molecule has 3 rings (SSSR count). The molecule has 0 N–H and O–H groups in total. The molecule has 1 aromatic carbocycles. The lowest BCUT2D eigenvalue weighted by Crippen LogP contribution is -2.48. The fourth-order valence-electron chi connectivity index (χ4n) is 4.05. The first-order valence-corrected chi connectivity index (χ1v) is 10.5. The van der Waals surface area contributed by atoms with Crippen LogP contribution in [-0.2, 0) is 9.53 Å². The van der Waals surface area contributed by atoms with E-state index in [9.17, 15) is 4.79 Å². The minimum Gasteiger partial charge on any atom is -0.373 e. The van der Waals surface area contributed by atoms with E-state index in [2.05, 4.69) is 18.7 Å². The summed E-state index contributed by atoms with van der Waals surface area (Å²) in [6.07, 6.45) is 6.06. The molecule has 2 unspecified atom stereocenters. The number of benzene rings is 1. The number of carbonyl (C=O) groups is 1. The lowest BCUT2D eigenvalue weighted by molar-refractivity contribution is -0.127. The molecule has 0 spiro atoms. The van der Waals surface area contributed by atoms with Crippen molar-refractivity contribution in [3.05, 3.63) is 39.9 Å². The third-order valence-electron chi connectivity index (χ3n) is 5.32. The molecule has 0 aliphatic carbocycles. The van der Waals surface area contributed by atoms with Crippen molar-refractivity contribution in [2.24, 2.45) is 5.92 Å². The second kappa shape index (κ2) is 9.42. The van der Waals surface area contributed by atoms with Gasteiger partial charge in [0.1, 0.15) is 0 Å². The van der Waals surface area contributed by atoms with E-state index in [1.807, 2.05) is 17.0 Å². The Bertz CT molecular complexity index is 677. The number of hydrogen-bond donors (Lipinski definition) is 0. The smallest absolute Gasteiger partial charge is 0.246 e. The van der Waals surface area contributed by atoms with Crippen LogP contribution in [0, 0.1) is 5.92 Å². The van der Waals surface area contributed by atoms with Gasteiger partial charge in [-0.15, -0.1) is 0 Å². The summed E-state index contributed by atoms with van der Waals surface area (Å²) in [5.74, 6) is 0.691. The zero-order valence-electron chi connectivity index (χ0n) is 16.0. The highest BCUT2D eigenvalue weighted by atomic mass is 35.5. The number of rotatable bonds is 4. The summed E-state index contributed by atoms with van der Waals surface area (Å²) in [4.78, 5) is 16.9. The SMILES string of the molecule is CC1CN(CC2CCN(C(=O)/C=C/c3cccc(Cl)c3Cl)CC2)CC(C)O1. The summed E-state index contributed by atoms with van der Waals surface area (Å²) in [6.45, 7) is 9.03. The number of likely N-dealkylation sites (tertiary alicyclic amines) is 1. The summed E-state index contributed by atoms with van der Waals surface area (Å²) >= 11 is 12.2. The second-order valence-electron chi connectivity index (χ2n) is 7.72. The predicted octanol–water partition coefficient (Wildman–Crippen LogP) is 4.35. The summed E-state index contributed by atoms with van der Waals surface area (Å²) < 4.78 is 5.81. The molecule has 0 saturated carbocycles. The number of piperidine rings is 1. The minimum atomic E-state index is 0.0399. The van der Waals surface area contributed by atoms with Crippen LogP contribution in [0.1, 0.15) is 32.3 Å². The molecule has 1 aromatic rings. The van der Waals surface area contributed by atoms with E-state index < -0.39 is 0 Å². The first kappa shape index (κ1) is 20.7. The van der Waals surface area contributed by atoms with Crippen LogP contribution in [0.5, 0.6) is 0 Å². The third kappa shape index (κ3) is 5.71. The first-order chi connectivity index (χ1) is 12.9. The zero-order chi connectivity index (χ0) is 19.4. The lowest BCUT2D eigenvalue weighted by atomic mass is 9.95. The van der Waals surface area contributed by atoms with Crippen LogP contribution in [0.15, 0.2) is 24.3 Å². The maximum atomic E-state index is 12.5. The van der Waals surface area contributed by atoms with E-state index in [-0.39, 0.29) is 5.91 Å². The van der Waals surface area contributed by atoms with Crippen LogP contribution in [-0.4, -0.2) is 60.6 Å². The molecule has 2 heterocycles. The van der Waals surface area contributed by atoms with Crippen LogP contribution in [0.4, 0.5) is 0 Å². The molecule has 6 heteroatoms. The van der Waals surface area contributed by atoms with Crippen molar-refractivity contribution in [2.75, 3.05) is 32.7 Å². The van der Waals surface area contributed by atoms with Crippen molar-refractivity contribution >= 4 is 35.2 Å². The molecule has 4 nitrogen and oxygen atoms in total. The van der Waals surface area contributed by atoms with Crippen molar-refractivity contribution in [3.8, 4) is 0 Å². The average Bonchev–Trinajstić information content (AvgIpc) is 2.62. The zero-order valence-corrected chi connectivity index (χ0v) is 17.5. The predicted molar refractivity (Wildman–Crippen MR) is 111 cm³/mol. The number of ether oxygens (including phenoxy) is 1. The fourth-order valence-corrected chi connectivity index (χ4v) is 4.42. The standard InChI is InChI=1S/C21H28Cl2N2O2/c1-15-12-24(13-16(2)27-15)14-17-8-10-25(11-9-17)20(26)7-6-18-4-3-5-19(22)21(18)23/h3-7,15-17H,8-14H2,1-2H3/b7-6+. The van der Waals surface area contributed by atoms with Crippen LogP contribution in [0.2, 0.25) is 10.0 Å². The Hall–Kier alpha value is -1.07.